The molecule has 1 heterocycles. The van der Waals surface area contributed by atoms with Gasteiger partial charge < -0.3 is 10.2 Å². The maximum absolute atomic E-state index is 11.7. The Hall–Kier alpha value is -2.28. The van der Waals surface area contributed by atoms with Crippen molar-refractivity contribution >= 4 is 17.7 Å². The van der Waals surface area contributed by atoms with Crippen molar-refractivity contribution in [2.45, 2.75) is 6.04 Å². The van der Waals surface area contributed by atoms with E-state index in [1.54, 1.807) is 0 Å². The molecule has 0 saturated heterocycles. The third-order valence-electron chi connectivity index (χ3n) is 1.91. The van der Waals surface area contributed by atoms with Crippen LogP contribution in [0.5, 0.6) is 0 Å². The van der Waals surface area contributed by atoms with Gasteiger partial charge in [-0.2, -0.15) is 0 Å². The van der Waals surface area contributed by atoms with E-state index in [0.29, 0.717) is 0 Å². The monoisotopic (exact) mass is 238 g/mol. The first-order valence-corrected chi connectivity index (χ1v) is 4.64. The van der Waals surface area contributed by atoms with Gasteiger partial charge in [0.25, 0.3) is 0 Å². The van der Waals surface area contributed by atoms with Crippen molar-refractivity contribution < 1.29 is 24.6 Å². The van der Waals surface area contributed by atoms with Gasteiger partial charge in [-0.1, -0.05) is 0 Å². The van der Waals surface area contributed by atoms with Gasteiger partial charge in [-0.25, -0.2) is 0 Å². The zero-order valence-electron chi connectivity index (χ0n) is 8.66. The van der Waals surface area contributed by atoms with Crippen LogP contribution in [0.3, 0.4) is 0 Å². The minimum Gasteiger partial charge on any atom is -0.480 e. The average molecular weight is 238 g/mol. The van der Waals surface area contributed by atoms with E-state index in [2.05, 4.69) is 10.3 Å². The first-order chi connectivity index (χ1) is 8.02. The van der Waals surface area contributed by atoms with Gasteiger partial charge in [0.05, 0.1) is 6.54 Å². The summed E-state index contributed by atoms with van der Waals surface area (Å²) < 4.78 is 0. The molecule has 0 aliphatic heterocycles. The molecule has 17 heavy (non-hydrogen) atoms. The van der Waals surface area contributed by atoms with Crippen LogP contribution in [0.25, 0.3) is 0 Å². The third-order valence-corrected chi connectivity index (χ3v) is 1.91. The number of hydrogen-bond donors (Lipinski definition) is 3. The van der Waals surface area contributed by atoms with E-state index >= 15 is 0 Å². The maximum atomic E-state index is 11.7. The Labute approximate surface area is 96.1 Å². The molecule has 90 valence electrons. The lowest BCUT2D eigenvalue weighted by Gasteiger charge is -2.11. The largest absolute Gasteiger partial charge is 0.480 e. The van der Waals surface area contributed by atoms with E-state index in [0.717, 1.165) is 0 Å². The number of pyridine rings is 1. The summed E-state index contributed by atoms with van der Waals surface area (Å²) in [5.74, 6) is -3.40. The Balaban J connectivity index is 2.81. The molecule has 0 fully saturated rings. The summed E-state index contributed by atoms with van der Waals surface area (Å²) in [6, 6.07) is 1.31. The van der Waals surface area contributed by atoms with Crippen LogP contribution < -0.4 is 5.32 Å². The molecule has 3 N–H and O–H groups in total. The highest BCUT2D eigenvalue weighted by Crippen LogP contribution is 2.02. The third kappa shape index (κ3) is 3.65. The van der Waals surface area contributed by atoms with Gasteiger partial charge in [0.15, 0.2) is 11.8 Å². The van der Waals surface area contributed by atoms with Gasteiger partial charge in [-0.15, -0.1) is 0 Å². The topological polar surface area (TPSA) is 117 Å². The van der Waals surface area contributed by atoms with Crippen molar-refractivity contribution in [2.75, 3.05) is 6.54 Å². The molecule has 7 heteroatoms. The van der Waals surface area contributed by atoms with Crippen LogP contribution in [0.4, 0.5) is 0 Å². The van der Waals surface area contributed by atoms with Crippen LogP contribution >= 0.6 is 0 Å². The number of nitrogens with one attached hydrogen (secondary N) is 1. The number of nitrogens with zero attached hydrogens (tertiary/aromatic N) is 1. The predicted octanol–water partition coefficient (Wildman–Crippen LogP) is -0.608. The molecule has 0 aromatic carbocycles. The van der Waals surface area contributed by atoms with Crippen molar-refractivity contribution in [3.8, 4) is 0 Å². The van der Waals surface area contributed by atoms with E-state index < -0.39 is 30.3 Å². The number of carbonyl (C=O) groups is 3. The highest BCUT2D eigenvalue weighted by Gasteiger charge is 2.27. The summed E-state index contributed by atoms with van der Waals surface area (Å²) in [6.07, 6.45) is 2.66. The minimum atomic E-state index is -1.59. The first-order valence-electron chi connectivity index (χ1n) is 4.64. The fourth-order valence-corrected chi connectivity index (χ4v) is 1.16. The summed E-state index contributed by atoms with van der Waals surface area (Å²) in [4.78, 5) is 36.5. The normalized spacial score (nSPS) is 11.8. The molecular weight excluding hydrogens is 228 g/mol. The van der Waals surface area contributed by atoms with Crippen molar-refractivity contribution in [1.29, 1.82) is 0 Å². The molecule has 0 aliphatic carbocycles. The van der Waals surface area contributed by atoms with Gasteiger partial charge in [0.1, 0.15) is 0 Å². The van der Waals surface area contributed by atoms with Crippen LogP contribution in [-0.2, 0) is 9.59 Å². The highest BCUT2D eigenvalue weighted by atomic mass is 16.4. The van der Waals surface area contributed by atoms with Gasteiger partial charge >= 0.3 is 11.9 Å². The molecule has 0 saturated carbocycles. The van der Waals surface area contributed by atoms with Gasteiger partial charge in [-0.3, -0.25) is 24.7 Å². The van der Waals surface area contributed by atoms with E-state index in [9.17, 15) is 14.4 Å². The molecule has 1 unspecified atom stereocenters. The number of aliphatic carboxylic acids is 2. The summed E-state index contributed by atoms with van der Waals surface area (Å²) in [6.45, 7) is -0.608. The second kappa shape index (κ2) is 5.71. The number of aromatic nitrogens is 1. The molecule has 7 nitrogen and oxygen atoms in total. The lowest BCUT2D eigenvalue weighted by Crippen LogP contribution is -2.45. The number of hydrogen-bond acceptors (Lipinski definition) is 5. The van der Waals surface area contributed by atoms with Crippen LogP contribution in [0.1, 0.15) is 10.4 Å². The second-order valence-electron chi connectivity index (χ2n) is 3.15. The number of Topliss-reactive ketones (excluding diaryl/α,β-unsaturated/α-hetero) is 1. The van der Waals surface area contributed by atoms with Gasteiger partial charge in [0, 0.05) is 18.0 Å². The van der Waals surface area contributed by atoms with Crippen molar-refractivity contribution in [3.05, 3.63) is 30.1 Å². The van der Waals surface area contributed by atoms with Crippen LogP contribution in [0.2, 0.25) is 0 Å². The van der Waals surface area contributed by atoms with Gasteiger partial charge in [0.2, 0.25) is 0 Å². The van der Waals surface area contributed by atoms with E-state index in [4.69, 9.17) is 10.2 Å². The summed E-state index contributed by atoms with van der Waals surface area (Å²) in [7, 11) is 0. The molecule has 0 amide bonds. The lowest BCUT2D eigenvalue weighted by molar-refractivity contribution is -0.139. The molecule has 1 aromatic heterocycles. The second-order valence-corrected chi connectivity index (χ2v) is 3.15. The smallest absolute Gasteiger partial charge is 0.328 e. The number of rotatable bonds is 6. The Morgan fingerprint density at radius 3 is 2.53 bits per heavy atom. The number of carboxylic acid groups (broad SMARTS) is 2. The molecule has 1 atom stereocenters. The van der Waals surface area contributed by atoms with E-state index in [1.807, 2.05) is 0 Å². The zero-order valence-corrected chi connectivity index (χ0v) is 8.66. The molecule has 1 rings (SSSR count). The Bertz CT molecular complexity index is 432. The Morgan fingerprint density at radius 2 is 2.06 bits per heavy atom. The van der Waals surface area contributed by atoms with Crippen molar-refractivity contribution in [3.63, 3.8) is 0 Å². The fourth-order valence-electron chi connectivity index (χ4n) is 1.16. The molecule has 0 bridgehead atoms. The van der Waals surface area contributed by atoms with Crippen molar-refractivity contribution in [1.82, 2.24) is 10.3 Å². The molecule has 0 radical (unpaired) electrons. The maximum Gasteiger partial charge on any atom is 0.328 e. The van der Waals surface area contributed by atoms with Crippen LogP contribution in [-0.4, -0.2) is 45.5 Å². The predicted molar refractivity (Wildman–Crippen MR) is 55.6 cm³/mol. The molecular formula is C10H10N2O5. The summed E-state index contributed by atoms with van der Waals surface area (Å²) >= 11 is 0. The fraction of sp³-hybridized carbons (Fsp3) is 0.200. The highest BCUT2D eigenvalue weighted by molar-refractivity contribution is 6.11. The van der Waals surface area contributed by atoms with Crippen molar-refractivity contribution in [2.24, 2.45) is 0 Å². The van der Waals surface area contributed by atoms with Crippen LogP contribution in [0.15, 0.2) is 24.5 Å². The SMILES string of the molecule is O=C(O)CNC(C(=O)O)C(=O)c1cccnc1. The quantitative estimate of drug-likeness (QED) is 0.447. The number of ketones is 1. The lowest BCUT2D eigenvalue weighted by atomic mass is 10.1. The summed E-state index contributed by atoms with van der Waals surface area (Å²) in [5, 5.41) is 19.4. The average Bonchev–Trinajstić information content (AvgIpc) is 2.29. The first kappa shape index (κ1) is 12.8. The summed E-state index contributed by atoms with van der Waals surface area (Å²) in [5.41, 5.74) is 0.109. The minimum absolute atomic E-state index is 0.109. The molecule has 0 aliphatic rings. The van der Waals surface area contributed by atoms with E-state index in [1.165, 1.54) is 24.5 Å². The standard InChI is InChI=1S/C10H10N2O5/c13-7(14)5-12-8(10(16)17)9(15)6-2-1-3-11-4-6/h1-4,8,12H,5H2,(H,13,14)(H,16,17). The number of carbonyl (C=O) groups excluding carboxylic acids is 1. The Kier molecular flexibility index (Phi) is 4.29. The number of carboxylic acids is 2. The Morgan fingerprint density at radius 1 is 1.35 bits per heavy atom. The molecule has 0 spiro atoms. The van der Waals surface area contributed by atoms with Crippen LogP contribution in [0, 0.1) is 0 Å². The van der Waals surface area contributed by atoms with E-state index in [-0.39, 0.29) is 5.56 Å². The molecule has 1 aromatic rings. The zero-order chi connectivity index (χ0) is 12.8. The van der Waals surface area contributed by atoms with Gasteiger partial charge in [-0.05, 0) is 12.1 Å².